The highest BCUT2D eigenvalue weighted by molar-refractivity contribution is 9.10. The third kappa shape index (κ3) is 3.76. The highest BCUT2D eigenvalue weighted by atomic mass is 79.9. The number of halogens is 1. The molecule has 134 valence electrons. The summed E-state index contributed by atoms with van der Waals surface area (Å²) in [4.78, 5) is 0. The van der Waals surface area contributed by atoms with Gasteiger partial charge in [0.15, 0.2) is 12.6 Å². The average molecular weight is 407 g/mol. The van der Waals surface area contributed by atoms with Crippen molar-refractivity contribution in [2.75, 3.05) is 6.61 Å². The van der Waals surface area contributed by atoms with E-state index in [2.05, 4.69) is 21.0 Å². The molecule has 2 fully saturated rings. The van der Waals surface area contributed by atoms with Crippen molar-refractivity contribution in [1.82, 2.24) is 9.78 Å². The molecule has 25 heavy (non-hydrogen) atoms. The molecule has 4 rings (SSSR count). The van der Waals surface area contributed by atoms with Gasteiger partial charge in [0.1, 0.15) is 0 Å². The minimum Gasteiger partial charge on any atom is -0.477 e. The summed E-state index contributed by atoms with van der Waals surface area (Å²) in [6.07, 6.45) is 7.66. The molecule has 6 heteroatoms. The lowest BCUT2D eigenvalue weighted by Gasteiger charge is -2.33. The quantitative estimate of drug-likeness (QED) is 0.701. The topological polar surface area (TPSA) is 45.5 Å². The number of ether oxygens (including phenoxy) is 3. The number of rotatable bonds is 5. The van der Waals surface area contributed by atoms with E-state index in [1.165, 1.54) is 32.1 Å². The molecule has 0 radical (unpaired) electrons. The zero-order valence-electron chi connectivity index (χ0n) is 14.4. The molecule has 1 saturated heterocycles. The Labute approximate surface area is 156 Å². The Bertz CT molecular complexity index is 721. The fourth-order valence-electron chi connectivity index (χ4n) is 3.50. The standard InChI is InChI=1S/C19H23BrN2O3/c1-13-24-19(25-13)17-11-21-22(16-9-5-8-15(20)10-16)18(17)23-12-14-6-3-2-4-7-14/h5,8-11,13-14,19H,2-4,6-7,12H2,1H3. The number of hydrogen-bond donors (Lipinski definition) is 0. The summed E-state index contributed by atoms with van der Waals surface area (Å²) in [5.74, 6) is 1.34. The van der Waals surface area contributed by atoms with E-state index >= 15 is 0 Å². The van der Waals surface area contributed by atoms with E-state index in [1.54, 1.807) is 6.20 Å². The maximum atomic E-state index is 6.26. The second-order valence-corrected chi connectivity index (χ2v) is 7.70. The normalized spacial score (nSPS) is 24.1. The highest BCUT2D eigenvalue weighted by Crippen LogP contribution is 2.38. The Morgan fingerprint density at radius 2 is 2.04 bits per heavy atom. The summed E-state index contributed by atoms with van der Waals surface area (Å²) in [7, 11) is 0. The van der Waals surface area contributed by atoms with Crippen molar-refractivity contribution >= 4 is 15.9 Å². The van der Waals surface area contributed by atoms with Crippen molar-refractivity contribution in [3.05, 3.63) is 40.5 Å². The van der Waals surface area contributed by atoms with Gasteiger partial charge in [-0.15, -0.1) is 0 Å². The van der Waals surface area contributed by atoms with Crippen LogP contribution in [0.1, 0.15) is 50.9 Å². The molecular formula is C19H23BrN2O3. The van der Waals surface area contributed by atoms with Gasteiger partial charge in [0.2, 0.25) is 5.88 Å². The van der Waals surface area contributed by atoms with Gasteiger partial charge in [0.05, 0.1) is 24.1 Å². The fourth-order valence-corrected chi connectivity index (χ4v) is 3.89. The molecule has 5 nitrogen and oxygen atoms in total. The van der Waals surface area contributed by atoms with Crippen LogP contribution in [0.2, 0.25) is 0 Å². The third-order valence-electron chi connectivity index (χ3n) is 4.87. The Kier molecular flexibility index (Phi) is 5.10. The molecule has 1 saturated carbocycles. The maximum Gasteiger partial charge on any atom is 0.225 e. The summed E-state index contributed by atoms with van der Waals surface area (Å²) >= 11 is 3.52. The molecule has 2 aromatic rings. The maximum absolute atomic E-state index is 6.26. The van der Waals surface area contributed by atoms with E-state index in [0.29, 0.717) is 5.92 Å². The predicted molar refractivity (Wildman–Crippen MR) is 97.7 cm³/mol. The van der Waals surface area contributed by atoms with Crippen molar-refractivity contribution in [1.29, 1.82) is 0 Å². The van der Waals surface area contributed by atoms with Crippen LogP contribution in [0, 0.1) is 5.92 Å². The first kappa shape index (κ1) is 17.1. The van der Waals surface area contributed by atoms with Crippen molar-refractivity contribution in [3.8, 4) is 11.6 Å². The first-order chi connectivity index (χ1) is 12.2. The summed E-state index contributed by atoms with van der Waals surface area (Å²) < 4.78 is 20.4. The molecule has 2 aliphatic rings. The van der Waals surface area contributed by atoms with Crippen molar-refractivity contribution in [2.24, 2.45) is 5.92 Å². The summed E-state index contributed by atoms with van der Waals surface area (Å²) in [5.41, 5.74) is 1.81. The van der Waals surface area contributed by atoms with Gasteiger partial charge in [-0.3, -0.25) is 0 Å². The van der Waals surface area contributed by atoms with Gasteiger partial charge in [-0.1, -0.05) is 41.3 Å². The van der Waals surface area contributed by atoms with E-state index in [9.17, 15) is 0 Å². The molecule has 1 aromatic heterocycles. The molecule has 1 aliphatic carbocycles. The van der Waals surface area contributed by atoms with Crippen LogP contribution >= 0.6 is 15.9 Å². The molecular weight excluding hydrogens is 384 g/mol. The monoisotopic (exact) mass is 406 g/mol. The summed E-state index contributed by atoms with van der Waals surface area (Å²) in [5, 5.41) is 4.53. The van der Waals surface area contributed by atoms with Gasteiger partial charge in [-0.25, -0.2) is 4.68 Å². The predicted octanol–water partition coefficient (Wildman–Crippen LogP) is 4.99. The van der Waals surface area contributed by atoms with Crippen LogP contribution in [0.5, 0.6) is 5.88 Å². The molecule has 1 aromatic carbocycles. The first-order valence-corrected chi connectivity index (χ1v) is 9.77. The lowest BCUT2D eigenvalue weighted by molar-refractivity contribution is -0.382. The van der Waals surface area contributed by atoms with Gasteiger partial charge < -0.3 is 14.2 Å². The molecule has 0 spiro atoms. The molecule has 0 atom stereocenters. The highest BCUT2D eigenvalue weighted by Gasteiger charge is 2.34. The first-order valence-electron chi connectivity index (χ1n) is 8.98. The number of hydrogen-bond acceptors (Lipinski definition) is 4. The molecule has 0 N–H and O–H groups in total. The third-order valence-corrected chi connectivity index (χ3v) is 5.36. The van der Waals surface area contributed by atoms with Crippen LogP contribution in [-0.4, -0.2) is 22.7 Å². The minimum absolute atomic E-state index is 0.176. The van der Waals surface area contributed by atoms with Gasteiger partial charge in [-0.2, -0.15) is 5.10 Å². The SMILES string of the molecule is CC1OC(c2cnn(-c3cccc(Br)c3)c2OCC2CCCCC2)O1. The largest absolute Gasteiger partial charge is 0.477 e. The molecule has 0 unspecified atom stereocenters. The molecule has 0 amide bonds. The van der Waals surface area contributed by atoms with Crippen molar-refractivity contribution in [3.63, 3.8) is 0 Å². The lowest BCUT2D eigenvalue weighted by Crippen LogP contribution is -2.31. The second kappa shape index (κ2) is 7.48. The number of nitrogens with zero attached hydrogens (tertiary/aromatic N) is 2. The summed E-state index contributed by atoms with van der Waals surface area (Å²) in [6.45, 7) is 2.60. The Morgan fingerprint density at radius 1 is 1.24 bits per heavy atom. The van der Waals surface area contributed by atoms with Gasteiger partial charge in [0.25, 0.3) is 0 Å². The number of aromatic nitrogens is 2. The molecule has 1 aliphatic heterocycles. The van der Waals surface area contributed by atoms with Gasteiger partial charge in [-0.05, 0) is 43.9 Å². The summed E-state index contributed by atoms with van der Waals surface area (Å²) in [6, 6.07) is 8.02. The smallest absolute Gasteiger partial charge is 0.225 e. The molecule has 2 heterocycles. The van der Waals surface area contributed by atoms with Crippen LogP contribution in [0.15, 0.2) is 34.9 Å². The van der Waals surface area contributed by atoms with E-state index < -0.39 is 6.29 Å². The van der Waals surface area contributed by atoms with Crippen molar-refractivity contribution in [2.45, 2.75) is 51.6 Å². The minimum atomic E-state index is -0.391. The average Bonchev–Trinajstić information content (AvgIpc) is 3.01. The van der Waals surface area contributed by atoms with Gasteiger partial charge in [0, 0.05) is 4.47 Å². The lowest BCUT2D eigenvalue weighted by atomic mass is 9.90. The van der Waals surface area contributed by atoms with E-state index in [1.807, 2.05) is 35.9 Å². The van der Waals surface area contributed by atoms with E-state index in [-0.39, 0.29) is 6.29 Å². The van der Waals surface area contributed by atoms with E-state index in [0.717, 1.165) is 28.2 Å². The molecule has 0 bridgehead atoms. The Hall–Kier alpha value is -1.37. The van der Waals surface area contributed by atoms with Crippen LogP contribution in [-0.2, 0) is 9.47 Å². The second-order valence-electron chi connectivity index (χ2n) is 6.78. The Balaban J connectivity index is 1.59. The van der Waals surface area contributed by atoms with Crippen LogP contribution in [0.4, 0.5) is 0 Å². The van der Waals surface area contributed by atoms with E-state index in [4.69, 9.17) is 14.2 Å². The van der Waals surface area contributed by atoms with Crippen LogP contribution in [0.3, 0.4) is 0 Å². The van der Waals surface area contributed by atoms with Crippen LogP contribution < -0.4 is 4.74 Å². The van der Waals surface area contributed by atoms with Crippen LogP contribution in [0.25, 0.3) is 5.69 Å². The van der Waals surface area contributed by atoms with Gasteiger partial charge >= 0.3 is 0 Å². The number of benzene rings is 1. The fraction of sp³-hybridized carbons (Fsp3) is 0.526. The van der Waals surface area contributed by atoms with Crippen molar-refractivity contribution < 1.29 is 14.2 Å². The zero-order chi connectivity index (χ0) is 17.2. The Morgan fingerprint density at radius 3 is 2.76 bits per heavy atom. The zero-order valence-corrected chi connectivity index (χ0v) is 15.9.